The maximum Gasteiger partial charge on any atom is 0.305 e. The molecule has 0 bridgehead atoms. The van der Waals surface area contributed by atoms with Crippen molar-refractivity contribution in [3.8, 4) is 0 Å². The molecule has 0 fully saturated rings. The molecule has 0 rings (SSSR count). The van der Waals surface area contributed by atoms with Crippen LogP contribution in [0.5, 0.6) is 0 Å². The van der Waals surface area contributed by atoms with Crippen molar-refractivity contribution >= 4 is 5.97 Å². The third-order valence-electron chi connectivity index (χ3n) is 3.25. The molecule has 0 N–H and O–H groups in total. The quantitative estimate of drug-likeness (QED) is 0.332. The molecule has 0 aliphatic carbocycles. The average molecular weight is 256 g/mol. The molecule has 0 saturated carbocycles. The molecule has 0 aliphatic heterocycles. The number of esters is 1. The van der Waals surface area contributed by atoms with Gasteiger partial charge >= 0.3 is 5.97 Å². The second-order valence-corrected chi connectivity index (χ2v) is 5.15. The van der Waals surface area contributed by atoms with Crippen LogP contribution in [0.15, 0.2) is 0 Å². The van der Waals surface area contributed by atoms with E-state index in [4.69, 9.17) is 4.74 Å². The molecule has 0 amide bonds. The summed E-state index contributed by atoms with van der Waals surface area (Å²) in [4.78, 5) is 11.4. The highest BCUT2D eigenvalue weighted by Gasteiger charge is 2.02. The summed E-state index contributed by atoms with van der Waals surface area (Å²) in [7, 11) is 0. The first kappa shape index (κ1) is 17.5. The van der Waals surface area contributed by atoms with Crippen LogP contribution in [0.4, 0.5) is 0 Å². The summed E-state index contributed by atoms with van der Waals surface area (Å²) < 4.78 is 5.21. The predicted molar refractivity (Wildman–Crippen MR) is 77.7 cm³/mol. The zero-order valence-electron chi connectivity index (χ0n) is 12.5. The smallest absolute Gasteiger partial charge is 0.305 e. The number of hydrogen-bond acceptors (Lipinski definition) is 2. The maximum atomic E-state index is 11.4. The van der Waals surface area contributed by atoms with E-state index in [-0.39, 0.29) is 5.97 Å². The van der Waals surface area contributed by atoms with Gasteiger partial charge in [-0.3, -0.25) is 4.79 Å². The summed E-state index contributed by atoms with van der Waals surface area (Å²) in [5, 5.41) is 0. The lowest BCUT2D eigenvalue weighted by Crippen LogP contribution is -2.05. The first-order chi connectivity index (χ1) is 8.81. The van der Waals surface area contributed by atoms with Gasteiger partial charge in [-0.1, -0.05) is 71.6 Å². The van der Waals surface area contributed by atoms with E-state index in [1.54, 1.807) is 0 Å². The second-order valence-electron chi connectivity index (χ2n) is 5.15. The van der Waals surface area contributed by atoms with Crippen molar-refractivity contribution in [3.63, 3.8) is 0 Å². The minimum atomic E-state index is 0.000910. The Hall–Kier alpha value is -0.530. The van der Waals surface area contributed by atoms with E-state index in [0.29, 0.717) is 13.0 Å². The Morgan fingerprint density at radius 2 is 1.22 bits per heavy atom. The minimum Gasteiger partial charge on any atom is -0.466 e. The summed E-state index contributed by atoms with van der Waals surface area (Å²) in [5.74, 6) is 0.000910. The molecule has 0 aliphatic rings. The van der Waals surface area contributed by atoms with Crippen LogP contribution in [0.3, 0.4) is 0 Å². The van der Waals surface area contributed by atoms with Crippen molar-refractivity contribution in [1.29, 1.82) is 0 Å². The molecular formula is C16H32O2. The van der Waals surface area contributed by atoms with E-state index in [9.17, 15) is 4.79 Å². The van der Waals surface area contributed by atoms with Gasteiger partial charge in [-0.2, -0.15) is 0 Å². The van der Waals surface area contributed by atoms with Gasteiger partial charge < -0.3 is 4.74 Å². The van der Waals surface area contributed by atoms with Crippen LogP contribution < -0.4 is 0 Å². The molecule has 0 unspecified atom stereocenters. The maximum absolute atomic E-state index is 11.4. The predicted octanol–water partition coefficient (Wildman–Crippen LogP) is 5.25. The van der Waals surface area contributed by atoms with Crippen LogP contribution in [0.2, 0.25) is 0 Å². The molecule has 0 spiro atoms. The van der Waals surface area contributed by atoms with Crippen LogP contribution in [0, 0.1) is 0 Å². The van der Waals surface area contributed by atoms with E-state index in [0.717, 1.165) is 12.8 Å². The Bertz CT molecular complexity index is 160. The summed E-state index contributed by atoms with van der Waals surface area (Å²) in [6.07, 6.45) is 14.0. The fraction of sp³-hybridized carbons (Fsp3) is 0.938. The fourth-order valence-electron chi connectivity index (χ4n) is 2.01. The van der Waals surface area contributed by atoms with Crippen LogP contribution >= 0.6 is 0 Å². The number of carbonyl (C=O) groups excluding carboxylic acids is 1. The average Bonchev–Trinajstić information content (AvgIpc) is 2.38. The van der Waals surface area contributed by atoms with Crippen LogP contribution in [0.1, 0.15) is 90.9 Å². The van der Waals surface area contributed by atoms with Gasteiger partial charge in [-0.15, -0.1) is 0 Å². The Morgan fingerprint density at radius 3 is 1.83 bits per heavy atom. The van der Waals surface area contributed by atoms with E-state index in [1.807, 2.05) is 0 Å². The second kappa shape index (κ2) is 14.5. The molecule has 0 aromatic heterocycles. The largest absolute Gasteiger partial charge is 0.466 e. The van der Waals surface area contributed by atoms with E-state index in [1.165, 1.54) is 57.8 Å². The topological polar surface area (TPSA) is 26.3 Å². The minimum absolute atomic E-state index is 0.000910. The third kappa shape index (κ3) is 13.5. The zero-order valence-corrected chi connectivity index (χ0v) is 12.5. The van der Waals surface area contributed by atoms with Crippen molar-refractivity contribution in [2.45, 2.75) is 90.9 Å². The monoisotopic (exact) mass is 256 g/mol. The highest BCUT2D eigenvalue weighted by molar-refractivity contribution is 5.69. The molecule has 108 valence electrons. The van der Waals surface area contributed by atoms with Crippen molar-refractivity contribution in [1.82, 2.24) is 0 Å². The number of rotatable bonds is 13. The summed E-state index contributed by atoms with van der Waals surface area (Å²) in [6.45, 7) is 5.05. The Balaban J connectivity index is 3.12. The molecular weight excluding hydrogens is 224 g/mol. The molecule has 18 heavy (non-hydrogen) atoms. The van der Waals surface area contributed by atoms with Crippen molar-refractivity contribution in [3.05, 3.63) is 0 Å². The normalized spacial score (nSPS) is 10.6. The molecule has 0 radical (unpaired) electrons. The molecule has 0 atom stereocenters. The van der Waals surface area contributed by atoms with Gasteiger partial charge in [-0.05, 0) is 12.8 Å². The lowest BCUT2D eigenvalue weighted by Gasteiger charge is -2.04. The SMILES string of the molecule is CCCCCCCCC(=O)OCCCCCCC. The van der Waals surface area contributed by atoms with Gasteiger partial charge in [0.1, 0.15) is 0 Å². The van der Waals surface area contributed by atoms with E-state index in [2.05, 4.69) is 13.8 Å². The molecule has 2 heteroatoms. The molecule has 0 aromatic carbocycles. The number of hydrogen-bond donors (Lipinski definition) is 0. The fourth-order valence-corrected chi connectivity index (χ4v) is 2.01. The Morgan fingerprint density at radius 1 is 0.722 bits per heavy atom. The summed E-state index contributed by atoms with van der Waals surface area (Å²) >= 11 is 0. The zero-order chi connectivity index (χ0) is 13.5. The first-order valence-corrected chi connectivity index (χ1v) is 7.96. The molecule has 0 saturated heterocycles. The highest BCUT2D eigenvalue weighted by Crippen LogP contribution is 2.08. The highest BCUT2D eigenvalue weighted by atomic mass is 16.5. The molecule has 0 heterocycles. The molecule has 0 aromatic rings. The van der Waals surface area contributed by atoms with Gasteiger partial charge in [0.15, 0.2) is 0 Å². The number of ether oxygens (including phenoxy) is 1. The first-order valence-electron chi connectivity index (χ1n) is 7.96. The third-order valence-corrected chi connectivity index (χ3v) is 3.25. The lowest BCUT2D eigenvalue weighted by molar-refractivity contribution is -0.143. The Kier molecular flexibility index (Phi) is 14.1. The number of unbranched alkanes of at least 4 members (excludes halogenated alkanes) is 9. The van der Waals surface area contributed by atoms with Crippen molar-refractivity contribution in [2.75, 3.05) is 6.61 Å². The van der Waals surface area contributed by atoms with Crippen LogP contribution in [-0.4, -0.2) is 12.6 Å². The summed E-state index contributed by atoms with van der Waals surface area (Å²) in [5.41, 5.74) is 0. The molecule has 2 nitrogen and oxygen atoms in total. The Labute approximate surface area is 113 Å². The van der Waals surface area contributed by atoms with E-state index < -0.39 is 0 Å². The summed E-state index contributed by atoms with van der Waals surface area (Å²) in [6, 6.07) is 0. The van der Waals surface area contributed by atoms with Crippen LogP contribution in [0.25, 0.3) is 0 Å². The van der Waals surface area contributed by atoms with Crippen LogP contribution in [-0.2, 0) is 9.53 Å². The van der Waals surface area contributed by atoms with E-state index >= 15 is 0 Å². The lowest BCUT2D eigenvalue weighted by atomic mass is 10.1. The van der Waals surface area contributed by atoms with Gasteiger partial charge in [0.05, 0.1) is 6.61 Å². The standard InChI is InChI=1S/C16H32O2/c1-3-5-7-9-10-12-14-16(17)18-15-13-11-8-6-4-2/h3-15H2,1-2H3. The number of carbonyl (C=O) groups is 1. The van der Waals surface area contributed by atoms with Gasteiger partial charge in [0.25, 0.3) is 0 Å². The van der Waals surface area contributed by atoms with Crippen molar-refractivity contribution in [2.24, 2.45) is 0 Å². The van der Waals surface area contributed by atoms with Gasteiger partial charge in [0, 0.05) is 6.42 Å². The van der Waals surface area contributed by atoms with Crippen molar-refractivity contribution < 1.29 is 9.53 Å². The van der Waals surface area contributed by atoms with Gasteiger partial charge in [-0.25, -0.2) is 0 Å². The van der Waals surface area contributed by atoms with Gasteiger partial charge in [0.2, 0.25) is 0 Å².